The number of ether oxygens (including phenoxy) is 2. The van der Waals surface area contributed by atoms with Crippen LogP contribution in [0.5, 0.6) is 23.0 Å². The summed E-state index contributed by atoms with van der Waals surface area (Å²) in [6.07, 6.45) is 0. The fraction of sp³-hybridized carbons (Fsp3) is 0.0263. The molecule has 45 heavy (non-hydrogen) atoms. The smallest absolute Gasteiger partial charge is 0.339 e. The van der Waals surface area contributed by atoms with Crippen LogP contribution in [0, 0.1) is 10.1 Å². The van der Waals surface area contributed by atoms with Crippen LogP contribution >= 0.6 is 0 Å². The molecule has 1 N–H and O–H groups in total. The maximum Gasteiger partial charge on any atom is 0.339 e. The van der Waals surface area contributed by atoms with Crippen LogP contribution < -0.4 is 9.47 Å². The zero-order valence-corrected chi connectivity index (χ0v) is 23.8. The highest BCUT2D eigenvalue weighted by molar-refractivity contribution is 5.91. The summed E-state index contributed by atoms with van der Waals surface area (Å²) in [5.74, 6) is 0.355. The average molecular weight is 592 g/mol. The second-order valence-corrected chi connectivity index (χ2v) is 10.6. The Morgan fingerprint density at radius 1 is 0.578 bits per heavy atom. The molecule has 7 rings (SSSR count). The Bertz CT molecular complexity index is 1920. The number of carboxylic acid groups (broad SMARTS) is 1. The van der Waals surface area contributed by atoms with Crippen LogP contribution in [0.3, 0.4) is 0 Å². The van der Waals surface area contributed by atoms with Gasteiger partial charge in [-0.05, 0) is 75.8 Å². The van der Waals surface area contributed by atoms with Gasteiger partial charge < -0.3 is 14.6 Å². The molecule has 0 aliphatic heterocycles. The topological polar surface area (TPSA) is 98.9 Å². The molecule has 218 valence electrons. The molecule has 1 aliphatic rings. The number of carbonyl (C=O) groups is 1. The summed E-state index contributed by atoms with van der Waals surface area (Å²) in [6.45, 7) is 0. The molecule has 0 fully saturated rings. The number of carboxylic acids is 1. The van der Waals surface area contributed by atoms with E-state index in [-0.39, 0.29) is 22.7 Å². The van der Waals surface area contributed by atoms with Gasteiger partial charge in [0.15, 0.2) is 0 Å². The molecule has 0 bridgehead atoms. The number of aromatic carboxylic acids is 1. The van der Waals surface area contributed by atoms with Gasteiger partial charge in [-0.3, -0.25) is 10.1 Å². The first-order valence-corrected chi connectivity index (χ1v) is 14.3. The largest absolute Gasteiger partial charge is 0.478 e. The lowest BCUT2D eigenvalue weighted by Gasteiger charge is -2.34. The van der Waals surface area contributed by atoms with E-state index in [1.807, 2.05) is 72.8 Å². The number of nitrogens with zero attached hydrogens (tertiary/aromatic N) is 1. The summed E-state index contributed by atoms with van der Waals surface area (Å²) in [4.78, 5) is 22.8. The summed E-state index contributed by atoms with van der Waals surface area (Å²) in [5, 5.41) is 21.1. The zero-order valence-electron chi connectivity index (χ0n) is 23.8. The van der Waals surface area contributed by atoms with Gasteiger partial charge in [0.25, 0.3) is 0 Å². The van der Waals surface area contributed by atoms with Crippen molar-refractivity contribution in [3.63, 3.8) is 0 Å². The Hall–Kier alpha value is -6.21. The van der Waals surface area contributed by atoms with E-state index in [4.69, 9.17) is 9.47 Å². The second kappa shape index (κ2) is 11.1. The van der Waals surface area contributed by atoms with Gasteiger partial charge in [0.1, 0.15) is 22.8 Å². The van der Waals surface area contributed by atoms with Gasteiger partial charge in [0.05, 0.1) is 10.3 Å². The predicted octanol–water partition coefficient (Wildman–Crippen LogP) is 9.24. The first kappa shape index (κ1) is 27.6. The number of rotatable bonds is 8. The lowest BCUT2D eigenvalue weighted by Crippen LogP contribution is -2.28. The lowest BCUT2D eigenvalue weighted by atomic mass is 9.68. The van der Waals surface area contributed by atoms with Crippen LogP contribution in [0.2, 0.25) is 0 Å². The third kappa shape index (κ3) is 4.67. The summed E-state index contributed by atoms with van der Waals surface area (Å²) in [5.41, 5.74) is 5.75. The predicted molar refractivity (Wildman–Crippen MR) is 170 cm³/mol. The first-order valence-electron chi connectivity index (χ1n) is 14.3. The van der Waals surface area contributed by atoms with E-state index in [0.717, 1.165) is 33.4 Å². The van der Waals surface area contributed by atoms with E-state index in [0.29, 0.717) is 11.5 Å². The molecule has 0 saturated heterocycles. The molecule has 7 heteroatoms. The number of hydrogen-bond acceptors (Lipinski definition) is 5. The average Bonchev–Trinajstić information content (AvgIpc) is 3.37. The number of hydrogen-bond donors (Lipinski definition) is 1. The van der Waals surface area contributed by atoms with E-state index >= 15 is 0 Å². The molecule has 6 aromatic rings. The van der Waals surface area contributed by atoms with Crippen LogP contribution in [0.1, 0.15) is 32.6 Å². The summed E-state index contributed by atoms with van der Waals surface area (Å²) >= 11 is 0. The molecule has 7 nitrogen and oxygen atoms in total. The molecular weight excluding hydrogens is 566 g/mol. The summed E-state index contributed by atoms with van der Waals surface area (Å²) in [6, 6.07) is 44.9. The molecule has 0 amide bonds. The van der Waals surface area contributed by atoms with Gasteiger partial charge in [0.2, 0.25) is 5.75 Å². The number of nitro benzene ring substituents is 1. The van der Waals surface area contributed by atoms with Gasteiger partial charge in [-0.1, -0.05) is 97.1 Å². The lowest BCUT2D eigenvalue weighted by molar-refractivity contribution is -0.385. The van der Waals surface area contributed by atoms with Gasteiger partial charge in [0, 0.05) is 6.07 Å². The maximum absolute atomic E-state index is 11.7. The van der Waals surface area contributed by atoms with Crippen LogP contribution in [-0.4, -0.2) is 16.0 Å². The van der Waals surface area contributed by atoms with Crippen molar-refractivity contribution in [3.8, 4) is 34.1 Å². The molecule has 1 aliphatic carbocycles. The number of nitro groups is 1. The van der Waals surface area contributed by atoms with Crippen molar-refractivity contribution in [2.75, 3.05) is 0 Å². The van der Waals surface area contributed by atoms with E-state index in [1.54, 1.807) is 36.4 Å². The van der Waals surface area contributed by atoms with Gasteiger partial charge in [-0.15, -0.1) is 0 Å². The fourth-order valence-electron chi connectivity index (χ4n) is 6.25. The molecule has 0 spiro atoms. The van der Waals surface area contributed by atoms with Crippen molar-refractivity contribution in [2.24, 2.45) is 0 Å². The Morgan fingerprint density at radius 3 is 1.56 bits per heavy atom. The molecule has 0 saturated carbocycles. The Morgan fingerprint density at radius 2 is 1.02 bits per heavy atom. The fourth-order valence-corrected chi connectivity index (χ4v) is 6.25. The standard InChI is InChI=1S/C38H25NO6/c40-37(41)31-11-3-7-15-35(31)44-27-21-17-25(18-22-27)38(32-12-4-1-9-29(32)30-10-2-5-13-33(30)38)26-19-23-28(24-20-26)45-36-16-8-6-14-34(36)39(42)43/h1-24H,(H,40,41). The van der Waals surface area contributed by atoms with Crippen molar-refractivity contribution < 1.29 is 24.3 Å². The van der Waals surface area contributed by atoms with Gasteiger partial charge in [-0.2, -0.15) is 0 Å². The zero-order chi connectivity index (χ0) is 31.0. The van der Waals surface area contributed by atoms with Crippen LogP contribution in [0.15, 0.2) is 146 Å². The van der Waals surface area contributed by atoms with Crippen molar-refractivity contribution in [1.82, 2.24) is 0 Å². The highest BCUT2D eigenvalue weighted by atomic mass is 16.6. The minimum atomic E-state index is -1.06. The highest BCUT2D eigenvalue weighted by Gasteiger charge is 2.45. The molecule has 6 aromatic carbocycles. The van der Waals surface area contributed by atoms with Crippen LogP contribution in [0.25, 0.3) is 11.1 Å². The van der Waals surface area contributed by atoms with Gasteiger partial charge in [-0.25, -0.2) is 4.79 Å². The number of benzene rings is 6. The van der Waals surface area contributed by atoms with Crippen LogP contribution in [-0.2, 0) is 5.41 Å². The Balaban J connectivity index is 1.34. The minimum Gasteiger partial charge on any atom is -0.478 e. The van der Waals surface area contributed by atoms with E-state index in [2.05, 4.69) is 24.3 Å². The highest BCUT2D eigenvalue weighted by Crippen LogP contribution is 2.56. The molecule has 0 aromatic heterocycles. The quantitative estimate of drug-likeness (QED) is 0.140. The van der Waals surface area contributed by atoms with Crippen molar-refractivity contribution in [3.05, 3.63) is 184 Å². The molecule has 0 unspecified atom stereocenters. The van der Waals surface area contributed by atoms with Crippen LogP contribution in [0.4, 0.5) is 5.69 Å². The number of para-hydroxylation sites is 3. The normalized spacial score (nSPS) is 12.5. The maximum atomic E-state index is 11.7. The third-order valence-electron chi connectivity index (χ3n) is 8.16. The van der Waals surface area contributed by atoms with Crippen molar-refractivity contribution in [1.29, 1.82) is 0 Å². The minimum absolute atomic E-state index is 0.0832. The SMILES string of the molecule is O=C(O)c1ccccc1Oc1ccc(C2(c3ccc(Oc4ccccc4[N+](=O)[O-])cc3)c3ccccc3-c3ccccc32)cc1. The Labute approximate surface area is 258 Å². The molecular formula is C38H25NO6. The Kier molecular flexibility index (Phi) is 6.83. The summed E-state index contributed by atoms with van der Waals surface area (Å²) < 4.78 is 12.0. The van der Waals surface area contributed by atoms with E-state index in [1.165, 1.54) is 12.1 Å². The summed E-state index contributed by atoms with van der Waals surface area (Å²) in [7, 11) is 0. The number of fused-ring (bicyclic) bond motifs is 3. The first-order chi connectivity index (χ1) is 22.0. The van der Waals surface area contributed by atoms with E-state index < -0.39 is 16.3 Å². The second-order valence-electron chi connectivity index (χ2n) is 10.6. The third-order valence-corrected chi connectivity index (χ3v) is 8.16. The monoisotopic (exact) mass is 591 g/mol. The molecule has 0 radical (unpaired) electrons. The molecule has 0 atom stereocenters. The van der Waals surface area contributed by atoms with E-state index in [9.17, 15) is 20.0 Å². The molecule has 0 heterocycles. The van der Waals surface area contributed by atoms with Crippen molar-refractivity contribution >= 4 is 11.7 Å². The van der Waals surface area contributed by atoms with Crippen molar-refractivity contribution in [2.45, 2.75) is 5.41 Å². The van der Waals surface area contributed by atoms with Gasteiger partial charge >= 0.3 is 11.7 Å².